The molecule has 1 atom stereocenters. The van der Waals surface area contributed by atoms with Crippen LogP contribution in [-0.2, 0) is 0 Å². The molecule has 1 fully saturated rings. The Bertz CT molecular complexity index is 423. The first-order valence-corrected chi connectivity index (χ1v) is 7.61. The number of halogens is 5. The molecule has 0 saturated carbocycles. The molecule has 0 aromatic heterocycles. The Kier molecular flexibility index (Phi) is 9.82. The van der Waals surface area contributed by atoms with E-state index in [1.165, 1.54) is 0 Å². The van der Waals surface area contributed by atoms with Gasteiger partial charge in [0.15, 0.2) is 0 Å². The van der Waals surface area contributed by atoms with Crippen LogP contribution in [0.5, 0.6) is 0 Å². The molecular formula is C14H21Cl2F3N2S. The van der Waals surface area contributed by atoms with Crippen LogP contribution in [0.1, 0.15) is 24.9 Å². The van der Waals surface area contributed by atoms with Gasteiger partial charge in [0.05, 0.1) is 0 Å². The van der Waals surface area contributed by atoms with Crippen molar-refractivity contribution in [1.29, 1.82) is 0 Å². The first-order valence-electron chi connectivity index (χ1n) is 6.80. The fraction of sp³-hybridized carbons (Fsp3) is 0.571. The zero-order valence-electron chi connectivity index (χ0n) is 12.2. The highest BCUT2D eigenvalue weighted by Crippen LogP contribution is 2.37. The van der Waals surface area contributed by atoms with Crippen molar-refractivity contribution in [3.8, 4) is 0 Å². The second kappa shape index (κ2) is 9.88. The minimum atomic E-state index is -4.22. The molecule has 0 unspecified atom stereocenters. The summed E-state index contributed by atoms with van der Waals surface area (Å²) in [7, 11) is 0. The summed E-state index contributed by atoms with van der Waals surface area (Å²) in [5, 5.41) is 3.31. The van der Waals surface area contributed by atoms with Gasteiger partial charge in [-0.1, -0.05) is 19.1 Å². The lowest BCUT2D eigenvalue weighted by atomic mass is 10.0. The summed E-state index contributed by atoms with van der Waals surface area (Å²) in [4.78, 5) is 2.64. The van der Waals surface area contributed by atoms with Crippen LogP contribution in [-0.4, -0.2) is 36.6 Å². The van der Waals surface area contributed by atoms with E-state index >= 15 is 0 Å². The quantitative estimate of drug-likeness (QED) is 0.778. The topological polar surface area (TPSA) is 15.3 Å². The molecule has 0 spiro atoms. The van der Waals surface area contributed by atoms with Gasteiger partial charge in [0, 0.05) is 37.1 Å². The molecule has 1 aliphatic rings. The van der Waals surface area contributed by atoms with Gasteiger partial charge < -0.3 is 5.32 Å². The van der Waals surface area contributed by atoms with Gasteiger partial charge in [-0.3, -0.25) is 4.90 Å². The zero-order valence-corrected chi connectivity index (χ0v) is 14.7. The van der Waals surface area contributed by atoms with E-state index in [1.54, 1.807) is 12.1 Å². The number of nitrogens with zero attached hydrogens (tertiary/aromatic N) is 1. The fourth-order valence-corrected chi connectivity index (χ4v) is 3.13. The number of alkyl halides is 3. The second-order valence-electron chi connectivity index (χ2n) is 4.83. The fourth-order valence-electron chi connectivity index (χ4n) is 2.59. The molecule has 0 aliphatic carbocycles. The van der Waals surface area contributed by atoms with Crippen LogP contribution in [0.2, 0.25) is 0 Å². The first-order chi connectivity index (χ1) is 9.49. The van der Waals surface area contributed by atoms with Gasteiger partial charge in [-0.05, 0) is 35.9 Å². The van der Waals surface area contributed by atoms with Gasteiger partial charge in [0.2, 0.25) is 0 Å². The molecular weight excluding hydrogens is 356 g/mol. The van der Waals surface area contributed by atoms with Crippen LogP contribution in [0.3, 0.4) is 0 Å². The van der Waals surface area contributed by atoms with Crippen molar-refractivity contribution in [3.63, 3.8) is 0 Å². The van der Waals surface area contributed by atoms with E-state index in [4.69, 9.17) is 0 Å². The molecule has 8 heteroatoms. The molecule has 1 aromatic rings. The van der Waals surface area contributed by atoms with Crippen LogP contribution in [0, 0.1) is 0 Å². The van der Waals surface area contributed by atoms with Gasteiger partial charge in [0.25, 0.3) is 0 Å². The third kappa shape index (κ3) is 6.54. The van der Waals surface area contributed by atoms with E-state index in [2.05, 4.69) is 17.1 Å². The lowest BCUT2D eigenvalue weighted by Gasteiger charge is -2.34. The third-order valence-corrected chi connectivity index (χ3v) is 4.22. The van der Waals surface area contributed by atoms with E-state index in [9.17, 15) is 13.2 Å². The lowest BCUT2D eigenvalue weighted by molar-refractivity contribution is -0.0328. The van der Waals surface area contributed by atoms with Crippen molar-refractivity contribution in [2.75, 3.05) is 26.2 Å². The summed E-state index contributed by atoms with van der Waals surface area (Å²) in [5.74, 6) is 0. The molecule has 0 radical (unpaired) electrons. The summed E-state index contributed by atoms with van der Waals surface area (Å²) in [5.41, 5.74) is -3.12. The standard InChI is InChI=1S/C14H19F3N2S.2ClH/c1-2-13(19-9-7-18-8-10-19)11-3-5-12(6-4-11)20-14(15,16)17;;/h3-6,13,18H,2,7-10H2,1H3;2*1H/t13-;;/m0../s1. The molecule has 1 aliphatic heterocycles. The van der Waals surface area contributed by atoms with Crippen molar-refractivity contribution in [2.45, 2.75) is 29.8 Å². The Morgan fingerprint density at radius 1 is 1.14 bits per heavy atom. The largest absolute Gasteiger partial charge is 0.446 e. The van der Waals surface area contributed by atoms with Crippen LogP contribution in [0.4, 0.5) is 13.2 Å². The van der Waals surface area contributed by atoms with E-state index in [0.29, 0.717) is 6.04 Å². The number of hydrogen-bond acceptors (Lipinski definition) is 3. The van der Waals surface area contributed by atoms with Crippen molar-refractivity contribution < 1.29 is 13.2 Å². The summed E-state index contributed by atoms with van der Waals surface area (Å²) < 4.78 is 36.9. The minimum absolute atomic E-state index is 0. The van der Waals surface area contributed by atoms with E-state index in [1.807, 2.05) is 12.1 Å². The molecule has 0 amide bonds. The molecule has 2 nitrogen and oxygen atoms in total. The molecule has 1 aromatic carbocycles. The number of hydrogen-bond donors (Lipinski definition) is 1. The molecule has 1 saturated heterocycles. The molecule has 0 bridgehead atoms. The Hall–Kier alpha value is -0.140. The van der Waals surface area contributed by atoms with E-state index in [0.717, 1.165) is 38.2 Å². The first kappa shape index (κ1) is 21.9. The monoisotopic (exact) mass is 376 g/mol. The predicted molar refractivity (Wildman–Crippen MR) is 90.3 cm³/mol. The molecule has 1 heterocycles. The van der Waals surface area contributed by atoms with Crippen molar-refractivity contribution in [3.05, 3.63) is 29.8 Å². The summed E-state index contributed by atoms with van der Waals surface area (Å²) in [6, 6.07) is 7.08. The van der Waals surface area contributed by atoms with Crippen molar-refractivity contribution in [2.24, 2.45) is 0 Å². The molecule has 128 valence electrons. The van der Waals surface area contributed by atoms with Crippen molar-refractivity contribution in [1.82, 2.24) is 10.2 Å². The SMILES string of the molecule is CC[C@@H](c1ccc(SC(F)(F)F)cc1)N1CCNCC1.Cl.Cl. The molecule has 22 heavy (non-hydrogen) atoms. The number of nitrogens with one attached hydrogen (secondary N) is 1. The Morgan fingerprint density at radius 3 is 2.14 bits per heavy atom. The Morgan fingerprint density at radius 2 is 1.68 bits per heavy atom. The van der Waals surface area contributed by atoms with Crippen molar-refractivity contribution >= 4 is 36.6 Å². The predicted octanol–water partition coefficient (Wildman–Crippen LogP) is 4.50. The number of rotatable bonds is 4. The maximum atomic E-state index is 12.3. The normalized spacial score (nSPS) is 17.3. The van der Waals surface area contributed by atoms with Crippen LogP contribution < -0.4 is 5.32 Å². The maximum absolute atomic E-state index is 12.3. The second-order valence-corrected chi connectivity index (χ2v) is 5.97. The average Bonchev–Trinajstić information content (AvgIpc) is 2.41. The smallest absolute Gasteiger partial charge is 0.314 e. The minimum Gasteiger partial charge on any atom is -0.314 e. The number of piperazine rings is 1. The van der Waals surface area contributed by atoms with Crippen LogP contribution >= 0.6 is 36.6 Å². The highest BCUT2D eigenvalue weighted by atomic mass is 35.5. The Balaban J connectivity index is 0.00000220. The highest BCUT2D eigenvalue weighted by Gasteiger charge is 2.29. The van der Waals surface area contributed by atoms with E-state index in [-0.39, 0.29) is 41.5 Å². The zero-order chi connectivity index (χ0) is 14.6. The van der Waals surface area contributed by atoms with E-state index < -0.39 is 5.51 Å². The van der Waals surface area contributed by atoms with Crippen LogP contribution in [0.15, 0.2) is 29.2 Å². The van der Waals surface area contributed by atoms with Gasteiger partial charge in [-0.25, -0.2) is 0 Å². The highest BCUT2D eigenvalue weighted by molar-refractivity contribution is 8.00. The van der Waals surface area contributed by atoms with Gasteiger partial charge in [0.1, 0.15) is 0 Å². The number of thioether (sulfide) groups is 1. The van der Waals surface area contributed by atoms with Gasteiger partial charge in [-0.2, -0.15) is 13.2 Å². The van der Waals surface area contributed by atoms with Gasteiger partial charge in [-0.15, -0.1) is 24.8 Å². The third-order valence-electron chi connectivity index (χ3n) is 3.48. The number of benzene rings is 1. The summed E-state index contributed by atoms with van der Waals surface area (Å²) in [6.45, 7) is 6.03. The maximum Gasteiger partial charge on any atom is 0.446 e. The summed E-state index contributed by atoms with van der Waals surface area (Å²) >= 11 is -0.0593. The van der Waals surface area contributed by atoms with Crippen LogP contribution in [0.25, 0.3) is 0 Å². The summed E-state index contributed by atoms with van der Waals surface area (Å²) in [6.07, 6.45) is 0.964. The molecule has 1 N–H and O–H groups in total. The lowest BCUT2D eigenvalue weighted by Crippen LogP contribution is -2.45. The van der Waals surface area contributed by atoms with Gasteiger partial charge >= 0.3 is 5.51 Å². The molecule has 2 rings (SSSR count). The Labute approximate surface area is 146 Å². The average molecular weight is 377 g/mol.